The van der Waals surface area contributed by atoms with Gasteiger partial charge < -0.3 is 4.74 Å². The normalized spacial score (nSPS) is 12.2. The number of hydrogen-bond acceptors (Lipinski definition) is 2. The number of benzene rings is 1. The molecule has 2 rings (SSSR count). The summed E-state index contributed by atoms with van der Waals surface area (Å²) in [5.74, 6) is 2.03. The molecule has 0 aliphatic rings. The van der Waals surface area contributed by atoms with Gasteiger partial charge in [-0.05, 0) is 42.0 Å². The molecular weight excluding hydrogens is 234 g/mol. The van der Waals surface area contributed by atoms with Crippen molar-refractivity contribution in [2.24, 2.45) is 0 Å². The van der Waals surface area contributed by atoms with Gasteiger partial charge in [0.05, 0.1) is 0 Å². The lowest BCUT2D eigenvalue weighted by Crippen LogP contribution is -1.94. The predicted molar refractivity (Wildman–Crippen MR) is 78.8 cm³/mol. The molecule has 1 atom stereocenters. The van der Waals surface area contributed by atoms with Crippen molar-refractivity contribution in [1.29, 1.82) is 0 Å². The van der Waals surface area contributed by atoms with Crippen LogP contribution in [0.4, 0.5) is 0 Å². The molecule has 0 bridgehead atoms. The molecule has 0 N–H and O–H groups in total. The second-order valence-electron chi connectivity index (χ2n) is 4.84. The lowest BCUT2D eigenvalue weighted by Gasteiger charge is -2.09. The molecule has 100 valence electrons. The van der Waals surface area contributed by atoms with Crippen LogP contribution in [-0.2, 0) is 6.42 Å². The van der Waals surface area contributed by atoms with Crippen LogP contribution in [0.2, 0.25) is 0 Å². The second kappa shape index (κ2) is 6.37. The van der Waals surface area contributed by atoms with Gasteiger partial charge in [0.15, 0.2) is 0 Å². The third-order valence-electron chi connectivity index (χ3n) is 3.49. The van der Waals surface area contributed by atoms with Gasteiger partial charge >= 0.3 is 0 Å². The van der Waals surface area contributed by atoms with Crippen LogP contribution in [0.15, 0.2) is 42.6 Å². The fourth-order valence-corrected chi connectivity index (χ4v) is 1.89. The van der Waals surface area contributed by atoms with E-state index in [0.29, 0.717) is 11.8 Å². The SMILES string of the molecule is CCc1ccc(Oc2ccc(C(C)CC)cn2)cc1. The van der Waals surface area contributed by atoms with Crippen molar-refractivity contribution >= 4 is 0 Å². The standard InChI is InChI=1S/C17H21NO/c1-4-13(3)15-8-11-17(18-12-15)19-16-9-6-14(5-2)7-10-16/h6-13H,4-5H2,1-3H3. The average molecular weight is 255 g/mol. The van der Waals surface area contributed by atoms with Crippen molar-refractivity contribution in [1.82, 2.24) is 4.98 Å². The van der Waals surface area contributed by atoms with Crippen LogP contribution in [0, 0.1) is 0 Å². The molecule has 0 saturated heterocycles. The number of aromatic nitrogens is 1. The third-order valence-corrected chi connectivity index (χ3v) is 3.49. The molecule has 0 radical (unpaired) electrons. The minimum Gasteiger partial charge on any atom is -0.439 e. The molecule has 0 saturated carbocycles. The molecule has 0 fully saturated rings. The molecule has 0 amide bonds. The Morgan fingerprint density at radius 2 is 1.79 bits per heavy atom. The maximum atomic E-state index is 5.74. The van der Waals surface area contributed by atoms with E-state index in [0.717, 1.165) is 18.6 Å². The van der Waals surface area contributed by atoms with Crippen molar-refractivity contribution in [2.75, 3.05) is 0 Å². The summed E-state index contributed by atoms with van der Waals surface area (Å²) in [6.07, 6.45) is 4.08. The highest BCUT2D eigenvalue weighted by atomic mass is 16.5. The Kier molecular flexibility index (Phi) is 4.56. The van der Waals surface area contributed by atoms with E-state index in [9.17, 15) is 0 Å². The number of rotatable bonds is 5. The van der Waals surface area contributed by atoms with Crippen molar-refractivity contribution in [2.45, 2.75) is 39.5 Å². The predicted octanol–water partition coefficient (Wildman–Crippen LogP) is 4.95. The molecule has 1 unspecified atom stereocenters. The largest absolute Gasteiger partial charge is 0.439 e. The fourth-order valence-electron chi connectivity index (χ4n) is 1.89. The Hall–Kier alpha value is -1.83. The summed E-state index contributed by atoms with van der Waals surface area (Å²) < 4.78 is 5.74. The molecule has 0 aliphatic carbocycles. The highest BCUT2D eigenvalue weighted by Gasteiger charge is 2.04. The van der Waals surface area contributed by atoms with Gasteiger partial charge in [0.1, 0.15) is 5.75 Å². The van der Waals surface area contributed by atoms with E-state index in [-0.39, 0.29) is 0 Å². The monoisotopic (exact) mass is 255 g/mol. The van der Waals surface area contributed by atoms with Crippen molar-refractivity contribution in [3.05, 3.63) is 53.7 Å². The molecule has 1 heterocycles. The minimum absolute atomic E-state index is 0.547. The molecule has 2 nitrogen and oxygen atoms in total. The Labute approximate surface area is 115 Å². The van der Waals surface area contributed by atoms with Gasteiger partial charge in [-0.3, -0.25) is 0 Å². The highest BCUT2D eigenvalue weighted by molar-refractivity contribution is 5.31. The van der Waals surface area contributed by atoms with Crippen molar-refractivity contribution < 1.29 is 4.74 Å². The van der Waals surface area contributed by atoms with Crippen LogP contribution in [-0.4, -0.2) is 4.98 Å². The maximum absolute atomic E-state index is 5.74. The first kappa shape index (κ1) is 13.6. The second-order valence-corrected chi connectivity index (χ2v) is 4.84. The van der Waals surface area contributed by atoms with Gasteiger partial charge in [-0.25, -0.2) is 4.98 Å². The van der Waals surface area contributed by atoms with Crippen LogP contribution in [0.5, 0.6) is 11.6 Å². The number of pyridine rings is 1. The first-order valence-corrected chi connectivity index (χ1v) is 6.95. The van der Waals surface area contributed by atoms with Crippen molar-refractivity contribution in [3.8, 4) is 11.6 Å². The zero-order valence-electron chi connectivity index (χ0n) is 11.9. The molecule has 2 heteroatoms. The van der Waals surface area contributed by atoms with E-state index >= 15 is 0 Å². The molecule has 1 aromatic carbocycles. The Morgan fingerprint density at radius 3 is 2.32 bits per heavy atom. The first-order valence-electron chi connectivity index (χ1n) is 6.95. The summed E-state index contributed by atoms with van der Waals surface area (Å²) >= 11 is 0. The number of aryl methyl sites for hydroxylation is 1. The summed E-state index contributed by atoms with van der Waals surface area (Å²) in [5.41, 5.74) is 2.57. The molecule has 2 aromatic rings. The van der Waals surface area contributed by atoms with Gasteiger partial charge in [-0.1, -0.05) is 39.0 Å². The van der Waals surface area contributed by atoms with Crippen LogP contribution < -0.4 is 4.74 Å². The zero-order valence-corrected chi connectivity index (χ0v) is 11.9. The topological polar surface area (TPSA) is 22.1 Å². The molecule has 0 spiro atoms. The quantitative estimate of drug-likeness (QED) is 0.754. The molecule has 0 aliphatic heterocycles. The number of ether oxygens (including phenoxy) is 1. The average Bonchev–Trinajstić information content (AvgIpc) is 2.48. The minimum atomic E-state index is 0.547. The lowest BCUT2D eigenvalue weighted by atomic mass is 10.0. The Bertz CT molecular complexity index is 502. The van der Waals surface area contributed by atoms with Crippen molar-refractivity contribution in [3.63, 3.8) is 0 Å². The smallest absolute Gasteiger partial charge is 0.219 e. The molecule has 1 aromatic heterocycles. The van der Waals surface area contributed by atoms with E-state index in [2.05, 4.69) is 44.0 Å². The Balaban J connectivity index is 2.06. The summed E-state index contributed by atoms with van der Waals surface area (Å²) in [7, 11) is 0. The number of hydrogen-bond donors (Lipinski definition) is 0. The van der Waals surface area contributed by atoms with E-state index in [1.54, 1.807) is 0 Å². The fraction of sp³-hybridized carbons (Fsp3) is 0.353. The van der Waals surface area contributed by atoms with Gasteiger partial charge in [-0.15, -0.1) is 0 Å². The van der Waals surface area contributed by atoms with Crippen LogP contribution in [0.1, 0.15) is 44.2 Å². The lowest BCUT2D eigenvalue weighted by molar-refractivity contribution is 0.462. The maximum Gasteiger partial charge on any atom is 0.219 e. The summed E-state index contributed by atoms with van der Waals surface area (Å²) in [6, 6.07) is 12.2. The summed E-state index contributed by atoms with van der Waals surface area (Å²) in [6.45, 7) is 6.54. The van der Waals surface area contributed by atoms with Crippen LogP contribution in [0.3, 0.4) is 0 Å². The van der Waals surface area contributed by atoms with Crippen LogP contribution in [0.25, 0.3) is 0 Å². The summed E-state index contributed by atoms with van der Waals surface area (Å²) in [5, 5.41) is 0. The van der Waals surface area contributed by atoms with E-state index < -0.39 is 0 Å². The summed E-state index contributed by atoms with van der Waals surface area (Å²) in [4.78, 5) is 4.36. The van der Waals surface area contributed by atoms with Gasteiger partial charge in [0, 0.05) is 12.3 Å². The van der Waals surface area contributed by atoms with E-state index in [4.69, 9.17) is 4.74 Å². The van der Waals surface area contributed by atoms with E-state index in [1.807, 2.05) is 24.4 Å². The van der Waals surface area contributed by atoms with Gasteiger partial charge in [-0.2, -0.15) is 0 Å². The zero-order chi connectivity index (χ0) is 13.7. The van der Waals surface area contributed by atoms with Gasteiger partial charge in [0.2, 0.25) is 5.88 Å². The molecular formula is C17H21NO. The first-order chi connectivity index (χ1) is 9.22. The number of nitrogens with zero attached hydrogens (tertiary/aromatic N) is 1. The van der Waals surface area contributed by atoms with E-state index in [1.165, 1.54) is 11.1 Å². The van der Waals surface area contributed by atoms with Crippen LogP contribution >= 0.6 is 0 Å². The highest BCUT2D eigenvalue weighted by Crippen LogP contribution is 2.23. The Morgan fingerprint density at radius 1 is 1.05 bits per heavy atom. The van der Waals surface area contributed by atoms with Gasteiger partial charge in [0.25, 0.3) is 0 Å². The third kappa shape index (κ3) is 3.57. The molecule has 19 heavy (non-hydrogen) atoms.